The van der Waals surface area contributed by atoms with Gasteiger partial charge in [-0.2, -0.15) is 0 Å². The summed E-state index contributed by atoms with van der Waals surface area (Å²) in [4.78, 5) is 35.4. The first-order valence-corrected chi connectivity index (χ1v) is 11.1. The van der Waals surface area contributed by atoms with Crippen molar-refractivity contribution in [3.8, 4) is 5.75 Å². The van der Waals surface area contributed by atoms with Crippen LogP contribution in [0.4, 0.5) is 10.1 Å². The number of piperidine rings is 1. The van der Waals surface area contributed by atoms with E-state index in [4.69, 9.17) is 14.6 Å². The van der Waals surface area contributed by atoms with Crippen molar-refractivity contribution in [2.24, 2.45) is 5.92 Å². The van der Waals surface area contributed by atoms with Crippen LogP contribution >= 0.6 is 12.4 Å². The Kier molecular flexibility index (Phi) is 7.72. The molecule has 0 unspecified atom stereocenters. The molecule has 3 N–H and O–H groups in total. The van der Waals surface area contributed by atoms with Crippen molar-refractivity contribution in [2.45, 2.75) is 44.7 Å². The van der Waals surface area contributed by atoms with Crippen molar-refractivity contribution in [3.05, 3.63) is 33.9 Å². The average Bonchev–Trinajstić information content (AvgIpc) is 3.51. The maximum absolute atomic E-state index is 15.3. The van der Waals surface area contributed by atoms with Gasteiger partial charge in [-0.25, -0.2) is 9.18 Å². The number of halogens is 2. The van der Waals surface area contributed by atoms with Crippen LogP contribution in [-0.4, -0.2) is 59.5 Å². The maximum Gasteiger partial charge on any atom is 0.341 e. The van der Waals surface area contributed by atoms with Crippen molar-refractivity contribution < 1.29 is 28.9 Å². The van der Waals surface area contributed by atoms with E-state index in [1.54, 1.807) is 4.57 Å². The van der Waals surface area contributed by atoms with Crippen molar-refractivity contribution in [1.82, 2.24) is 9.88 Å². The van der Waals surface area contributed by atoms with Crippen LogP contribution in [0.15, 0.2) is 17.1 Å². The number of hydrogen-bond acceptors (Lipinski definition) is 6. The fraction of sp³-hybridized carbons (Fsp3) is 0.522. The fourth-order valence-electron chi connectivity index (χ4n) is 4.95. The first kappa shape index (κ1) is 25.8. The molecule has 2 atom stereocenters. The number of fused-ring (bicyclic) bond motifs is 2. The second-order valence-corrected chi connectivity index (χ2v) is 8.84. The first-order valence-electron chi connectivity index (χ1n) is 11.1. The highest BCUT2D eigenvalue weighted by atomic mass is 35.5. The van der Waals surface area contributed by atoms with Crippen LogP contribution in [0, 0.1) is 11.7 Å². The highest BCUT2D eigenvalue weighted by molar-refractivity contribution is 5.97. The van der Waals surface area contributed by atoms with Crippen LogP contribution in [0.5, 0.6) is 5.75 Å². The lowest BCUT2D eigenvalue weighted by Crippen LogP contribution is -2.40. The molecule has 0 bridgehead atoms. The molecule has 1 aromatic carbocycles. The molecule has 3 heterocycles. The van der Waals surface area contributed by atoms with Crippen molar-refractivity contribution in [3.63, 3.8) is 0 Å². The number of benzene rings is 1. The number of carboxylic acid groups (broad SMARTS) is 2. The Morgan fingerprint density at radius 1 is 1.21 bits per heavy atom. The van der Waals surface area contributed by atoms with Gasteiger partial charge in [0.2, 0.25) is 5.43 Å². The van der Waals surface area contributed by atoms with Gasteiger partial charge < -0.3 is 29.7 Å². The van der Waals surface area contributed by atoms with Crippen LogP contribution in [-0.2, 0) is 4.79 Å². The third-order valence-electron chi connectivity index (χ3n) is 6.49. The zero-order valence-electron chi connectivity index (χ0n) is 19.0. The molecule has 11 heteroatoms. The summed E-state index contributed by atoms with van der Waals surface area (Å²) in [6.45, 7) is 3.48. The zero-order valence-corrected chi connectivity index (χ0v) is 19.9. The van der Waals surface area contributed by atoms with E-state index in [0.29, 0.717) is 35.5 Å². The van der Waals surface area contributed by atoms with Gasteiger partial charge in [0.25, 0.3) is 5.97 Å². The number of ether oxygens (including phenoxy) is 1. The van der Waals surface area contributed by atoms with Gasteiger partial charge in [0.15, 0.2) is 11.6 Å². The summed E-state index contributed by atoms with van der Waals surface area (Å²) in [5.41, 5.74) is -0.155. The minimum absolute atomic E-state index is 0. The molecule has 9 nitrogen and oxygen atoms in total. The van der Waals surface area contributed by atoms with E-state index in [1.807, 2.05) is 4.90 Å². The number of nitrogens with one attached hydrogen (secondary N) is 1. The number of aromatic carboxylic acids is 1. The Morgan fingerprint density at radius 2 is 1.88 bits per heavy atom. The molecule has 1 saturated carbocycles. The Labute approximate surface area is 201 Å². The van der Waals surface area contributed by atoms with E-state index >= 15 is 4.39 Å². The van der Waals surface area contributed by atoms with Gasteiger partial charge in [0.1, 0.15) is 11.3 Å². The number of carboxylic acids is 2. The summed E-state index contributed by atoms with van der Waals surface area (Å²) in [5, 5.41) is 20.4. The molecule has 0 spiro atoms. The second kappa shape index (κ2) is 10.2. The van der Waals surface area contributed by atoms with E-state index in [2.05, 4.69) is 5.32 Å². The molecule has 0 amide bonds. The second-order valence-electron chi connectivity index (χ2n) is 8.84. The highest BCUT2D eigenvalue weighted by Gasteiger charge is 2.38. The van der Waals surface area contributed by atoms with E-state index < -0.39 is 23.2 Å². The molecule has 186 valence electrons. The third kappa shape index (κ3) is 4.83. The van der Waals surface area contributed by atoms with E-state index in [-0.39, 0.29) is 29.4 Å². The number of carbonyl (C=O) groups is 2. The van der Waals surface area contributed by atoms with Crippen LogP contribution in [0.25, 0.3) is 10.9 Å². The number of methoxy groups -OCH3 is 1. The Balaban J connectivity index is 0.000000603. The number of anilines is 1. The molecule has 3 aliphatic rings. The topological polar surface area (TPSA) is 121 Å². The van der Waals surface area contributed by atoms with E-state index in [1.165, 1.54) is 19.4 Å². The quantitative estimate of drug-likeness (QED) is 0.589. The number of aromatic nitrogens is 1. The lowest BCUT2D eigenvalue weighted by atomic mass is 9.94. The van der Waals surface area contributed by atoms with Gasteiger partial charge in [-0.15, -0.1) is 12.4 Å². The van der Waals surface area contributed by atoms with Crippen LogP contribution in [0.1, 0.15) is 49.0 Å². The summed E-state index contributed by atoms with van der Waals surface area (Å²) in [6.07, 6.45) is 5.40. The van der Waals surface area contributed by atoms with Crippen LogP contribution in [0.3, 0.4) is 0 Å². The van der Waals surface area contributed by atoms with Crippen molar-refractivity contribution in [1.29, 1.82) is 0 Å². The van der Waals surface area contributed by atoms with E-state index in [9.17, 15) is 14.7 Å². The molecule has 1 aliphatic carbocycles. The summed E-state index contributed by atoms with van der Waals surface area (Å²) in [7, 11) is 1.48. The first-order chi connectivity index (χ1) is 15.7. The van der Waals surface area contributed by atoms with Crippen molar-refractivity contribution in [2.75, 3.05) is 31.6 Å². The minimum atomic E-state index is -1.30. The molecule has 2 saturated heterocycles. The molecular weight excluding hydrogens is 469 g/mol. The summed E-state index contributed by atoms with van der Waals surface area (Å²) < 4.78 is 22.8. The highest BCUT2D eigenvalue weighted by Crippen LogP contribution is 2.45. The van der Waals surface area contributed by atoms with Crippen molar-refractivity contribution >= 4 is 40.9 Å². The molecule has 3 fully saturated rings. The van der Waals surface area contributed by atoms with Gasteiger partial charge in [-0.3, -0.25) is 9.59 Å². The summed E-state index contributed by atoms with van der Waals surface area (Å²) >= 11 is 0. The summed E-state index contributed by atoms with van der Waals surface area (Å²) in [6, 6.07) is 1.62. The van der Waals surface area contributed by atoms with E-state index in [0.717, 1.165) is 45.7 Å². The molecule has 5 rings (SSSR count). The van der Waals surface area contributed by atoms with Crippen LogP contribution in [0.2, 0.25) is 0 Å². The van der Waals surface area contributed by atoms with Crippen LogP contribution < -0.4 is 20.4 Å². The zero-order chi connectivity index (χ0) is 23.9. The number of rotatable bonds is 4. The molecule has 2 aliphatic heterocycles. The largest absolute Gasteiger partial charge is 0.492 e. The smallest absolute Gasteiger partial charge is 0.341 e. The number of pyridine rings is 1. The molecule has 1 aromatic heterocycles. The molecule has 34 heavy (non-hydrogen) atoms. The number of hydrogen-bond donors (Lipinski definition) is 3. The minimum Gasteiger partial charge on any atom is -0.492 e. The Morgan fingerprint density at radius 3 is 2.44 bits per heavy atom. The number of aliphatic carboxylic acids is 1. The maximum atomic E-state index is 15.3. The normalized spacial score (nSPS) is 21.2. The lowest BCUT2D eigenvalue weighted by Gasteiger charge is -2.25. The third-order valence-corrected chi connectivity index (χ3v) is 6.49. The average molecular weight is 498 g/mol. The van der Waals surface area contributed by atoms with Gasteiger partial charge >= 0.3 is 5.97 Å². The predicted molar refractivity (Wildman–Crippen MR) is 127 cm³/mol. The fourth-order valence-corrected chi connectivity index (χ4v) is 4.95. The SMILES string of the molecule is CC(=O)O.COc1c(N2C[C@@H]3CCCN[C@@H]3C2)c(F)cc2c(=O)c(C(=O)O)cn(C3CC3)c12.Cl. The molecule has 2 aromatic rings. The van der Waals surface area contributed by atoms with Gasteiger partial charge in [0.05, 0.1) is 18.0 Å². The Hall–Kier alpha value is -2.85. The van der Waals surface area contributed by atoms with Gasteiger partial charge in [0, 0.05) is 38.3 Å². The lowest BCUT2D eigenvalue weighted by molar-refractivity contribution is -0.134. The number of nitrogens with zero attached hydrogens (tertiary/aromatic N) is 2. The summed E-state index contributed by atoms with van der Waals surface area (Å²) in [5.74, 6) is -1.90. The van der Waals surface area contributed by atoms with Gasteiger partial charge in [-0.1, -0.05) is 0 Å². The van der Waals surface area contributed by atoms with Gasteiger partial charge in [-0.05, 0) is 44.2 Å². The monoisotopic (exact) mass is 497 g/mol. The molecular formula is C23H29ClFN3O6. The molecule has 0 radical (unpaired) electrons. The predicted octanol–water partition coefficient (Wildman–Crippen LogP) is 2.88. The standard InChI is InChI=1S/C21H24FN3O4.C2H4O2.ClH/c1-29-20-17-13(19(26)14(21(27)28)9-25(17)12-4-5-12)7-15(22)18(20)24-8-11-3-2-6-23-16(11)10-24;1-2(3)4;/h7,9,11-12,16,23H,2-6,8,10H2,1H3,(H,27,28);1H3,(H,3,4);1H/t11-,16+;;/m0../s1. The Bertz CT molecular complexity index is 1150.